The van der Waals surface area contributed by atoms with E-state index in [2.05, 4.69) is 21.8 Å². The molecule has 0 unspecified atom stereocenters. The number of hydrogen-bond acceptors (Lipinski definition) is 8. The molecule has 226 valence electrons. The van der Waals surface area contributed by atoms with Crippen LogP contribution in [0.5, 0.6) is 0 Å². The Morgan fingerprint density at radius 2 is 1.02 bits per heavy atom. The number of allylic oxidation sites excluding steroid dienone is 2. The summed E-state index contributed by atoms with van der Waals surface area (Å²) in [5.74, 6) is -1.86. The van der Waals surface area contributed by atoms with Crippen LogP contribution in [0.3, 0.4) is 0 Å². The zero-order valence-electron chi connectivity index (χ0n) is 24.9. The van der Waals surface area contributed by atoms with Gasteiger partial charge in [-0.15, -0.1) is 22.7 Å². The molecule has 0 amide bonds. The predicted octanol–water partition coefficient (Wildman–Crippen LogP) is 8.81. The quantitative estimate of drug-likeness (QED) is 0.120. The molecule has 0 bridgehead atoms. The number of nitrogens with zero attached hydrogens (tertiary/aromatic N) is 4. The summed E-state index contributed by atoms with van der Waals surface area (Å²) in [5, 5.41) is 18.8. The highest BCUT2D eigenvalue weighted by molar-refractivity contribution is 7.23. The maximum atomic E-state index is 13.4. The molecule has 4 aromatic rings. The summed E-state index contributed by atoms with van der Waals surface area (Å²) >= 11 is 2.98. The molecule has 0 N–H and O–H groups in total. The van der Waals surface area contributed by atoms with E-state index in [1.807, 2.05) is 12.1 Å². The first-order chi connectivity index (χ1) is 23.2. The summed E-state index contributed by atoms with van der Waals surface area (Å²) < 4.78 is 0. The van der Waals surface area contributed by atoms with E-state index in [4.69, 9.17) is 13.1 Å². The first-order valence-corrected chi connectivity index (χ1v) is 16.7. The van der Waals surface area contributed by atoms with Crippen LogP contribution < -0.4 is 0 Å². The van der Waals surface area contributed by atoms with Gasteiger partial charge in [0.15, 0.2) is 34.5 Å². The van der Waals surface area contributed by atoms with Crippen molar-refractivity contribution in [3.05, 3.63) is 125 Å². The molecule has 48 heavy (non-hydrogen) atoms. The number of thiophene rings is 2. The third kappa shape index (κ3) is 3.95. The molecule has 0 atom stereocenters. The zero-order valence-corrected chi connectivity index (χ0v) is 26.5. The van der Waals surface area contributed by atoms with Gasteiger partial charge in [-0.3, -0.25) is 28.9 Å². The van der Waals surface area contributed by atoms with E-state index >= 15 is 0 Å². The minimum absolute atomic E-state index is 0.000930. The second-order valence-electron chi connectivity index (χ2n) is 12.1. The van der Waals surface area contributed by atoms with Gasteiger partial charge in [0.1, 0.15) is 12.1 Å². The van der Waals surface area contributed by atoms with Gasteiger partial charge in [-0.2, -0.15) is 10.5 Å². The number of Topliss-reactive ketones (excluding diaryl/α,β-unsaturated/α-hetero) is 4. The van der Waals surface area contributed by atoms with Gasteiger partial charge in [0, 0.05) is 47.2 Å². The van der Waals surface area contributed by atoms with Crippen LogP contribution in [0.1, 0.15) is 106 Å². The maximum absolute atomic E-state index is 13.4. The van der Waals surface area contributed by atoms with E-state index in [9.17, 15) is 29.7 Å². The molecule has 10 heteroatoms. The monoisotopic (exact) mass is 658 g/mol. The molecule has 2 aromatic heterocycles. The minimum Gasteiger partial charge on any atom is -0.288 e. The topological polar surface area (TPSA) is 125 Å². The van der Waals surface area contributed by atoms with Gasteiger partial charge in [0.05, 0.1) is 35.4 Å². The maximum Gasteiger partial charge on any atom is 0.197 e. The van der Waals surface area contributed by atoms with Crippen LogP contribution in [0.4, 0.5) is 11.4 Å². The number of fused-ring (bicyclic) bond motifs is 7. The minimum atomic E-state index is -0.471. The van der Waals surface area contributed by atoms with Gasteiger partial charge in [-0.05, 0) is 60.4 Å². The normalized spacial score (nSPS) is 16.5. The van der Waals surface area contributed by atoms with Crippen molar-refractivity contribution in [2.24, 2.45) is 0 Å². The molecule has 1 spiro atoms. The van der Waals surface area contributed by atoms with Crippen LogP contribution in [0.25, 0.3) is 31.6 Å². The molecule has 0 saturated heterocycles. The number of hydrogen-bond donors (Lipinski definition) is 0. The van der Waals surface area contributed by atoms with E-state index in [1.165, 1.54) is 46.9 Å². The van der Waals surface area contributed by atoms with Gasteiger partial charge in [-0.1, -0.05) is 31.4 Å². The van der Waals surface area contributed by atoms with E-state index in [0.29, 0.717) is 0 Å². The second kappa shape index (κ2) is 10.5. The number of carbonyl (C=O) groups is 4. The van der Waals surface area contributed by atoms with Crippen molar-refractivity contribution in [2.45, 2.75) is 37.5 Å². The lowest BCUT2D eigenvalue weighted by Gasteiger charge is -2.34. The standard InChI is InChI=1S/C38H18N4O4S2/c1-41-30-14-24-25(15-31(30)42-2)35(46)27(34(24)45)11-21-13-29-37(48-21)36-28(38(29)6-4-3-5-7-38)12-20(47-36)10-26-32(43)22-8-18(16-39)19(17-40)9-23(22)33(26)44/h8-15H,3-7H2. The number of carbonyl (C=O) groups excluding carboxylic acids is 4. The van der Waals surface area contributed by atoms with Crippen molar-refractivity contribution in [3.8, 4) is 21.9 Å². The highest BCUT2D eigenvalue weighted by Gasteiger charge is 2.47. The van der Waals surface area contributed by atoms with E-state index in [1.54, 1.807) is 12.2 Å². The molecule has 2 aromatic carbocycles. The molecule has 4 aliphatic rings. The van der Waals surface area contributed by atoms with E-state index < -0.39 is 23.1 Å². The molecule has 8 nitrogen and oxygen atoms in total. The van der Waals surface area contributed by atoms with Crippen LogP contribution in [-0.2, 0) is 5.41 Å². The Bertz CT molecular complexity index is 2230. The Labute approximate surface area is 282 Å². The first kappa shape index (κ1) is 29.4. The van der Waals surface area contributed by atoms with Crippen molar-refractivity contribution in [3.63, 3.8) is 0 Å². The van der Waals surface area contributed by atoms with Crippen LogP contribution in [0.15, 0.2) is 47.5 Å². The second-order valence-corrected chi connectivity index (χ2v) is 14.3. The Hall–Kier alpha value is -6.04. The molecule has 0 radical (unpaired) electrons. The zero-order chi connectivity index (χ0) is 33.5. The van der Waals surface area contributed by atoms with Crippen molar-refractivity contribution >= 4 is 69.3 Å². The molecule has 2 heterocycles. The average Bonchev–Trinajstić information content (AvgIpc) is 3.88. The third-order valence-corrected chi connectivity index (χ3v) is 12.1. The van der Waals surface area contributed by atoms with Gasteiger partial charge < -0.3 is 0 Å². The Morgan fingerprint density at radius 1 is 0.625 bits per heavy atom. The van der Waals surface area contributed by atoms with Crippen LogP contribution >= 0.6 is 22.7 Å². The van der Waals surface area contributed by atoms with Gasteiger partial charge in [0.2, 0.25) is 0 Å². The molecular weight excluding hydrogens is 641 g/mol. The fraction of sp³-hybridized carbons (Fsp3) is 0.158. The number of nitriles is 2. The Kier molecular flexibility index (Phi) is 6.42. The van der Waals surface area contributed by atoms with Crippen molar-refractivity contribution < 1.29 is 19.2 Å². The number of ketones is 4. The SMILES string of the molecule is [C-]#[N+]c1cc2c(cc1[N+]#[C-])C(=O)C(=Cc1cc3c(s1)-c1sc(C=C4C(=O)c5cc(C#N)c(C#N)cc5C4=O)cc1C31CCCCC1)C2=O. The van der Waals surface area contributed by atoms with Crippen LogP contribution in [-0.4, -0.2) is 23.1 Å². The first-order valence-electron chi connectivity index (χ1n) is 15.1. The molecular formula is C38H18N4O4S2. The number of rotatable bonds is 2. The lowest BCUT2D eigenvalue weighted by atomic mass is 9.68. The molecule has 8 rings (SSSR count). The predicted molar refractivity (Wildman–Crippen MR) is 180 cm³/mol. The largest absolute Gasteiger partial charge is 0.288 e. The molecule has 1 fully saturated rings. The van der Waals surface area contributed by atoms with Gasteiger partial charge in [0.25, 0.3) is 0 Å². The van der Waals surface area contributed by atoms with Gasteiger partial charge >= 0.3 is 0 Å². The molecule has 0 aliphatic heterocycles. The highest BCUT2D eigenvalue weighted by Crippen LogP contribution is 2.61. The van der Waals surface area contributed by atoms with Crippen LogP contribution in [0.2, 0.25) is 0 Å². The average molecular weight is 659 g/mol. The van der Waals surface area contributed by atoms with Crippen molar-refractivity contribution in [1.82, 2.24) is 0 Å². The Balaban J connectivity index is 1.20. The summed E-state index contributed by atoms with van der Waals surface area (Å²) in [7, 11) is 0. The van der Waals surface area contributed by atoms with E-state index in [-0.39, 0.29) is 61.3 Å². The van der Waals surface area contributed by atoms with Crippen molar-refractivity contribution in [1.29, 1.82) is 10.5 Å². The van der Waals surface area contributed by atoms with E-state index in [0.717, 1.165) is 62.7 Å². The Morgan fingerprint density at radius 3 is 1.40 bits per heavy atom. The summed E-state index contributed by atoms with van der Waals surface area (Å²) in [5.41, 5.74) is 2.79. The molecule has 4 aliphatic carbocycles. The number of benzene rings is 2. The third-order valence-electron chi connectivity index (χ3n) is 9.73. The summed E-state index contributed by atoms with van der Waals surface area (Å²) in [6.45, 7) is 14.7. The highest BCUT2D eigenvalue weighted by atomic mass is 32.1. The lowest BCUT2D eigenvalue weighted by molar-refractivity contribution is 0.0975. The smallest absolute Gasteiger partial charge is 0.197 e. The lowest BCUT2D eigenvalue weighted by Crippen LogP contribution is -2.27. The van der Waals surface area contributed by atoms with Crippen molar-refractivity contribution in [2.75, 3.05) is 0 Å². The fourth-order valence-corrected chi connectivity index (χ4v) is 10.0. The summed E-state index contributed by atoms with van der Waals surface area (Å²) in [4.78, 5) is 63.7. The van der Waals surface area contributed by atoms with Crippen LogP contribution in [0, 0.1) is 35.8 Å². The molecule has 1 saturated carbocycles. The summed E-state index contributed by atoms with van der Waals surface area (Å²) in [6, 6.07) is 13.3. The summed E-state index contributed by atoms with van der Waals surface area (Å²) in [6.07, 6.45) is 8.26. The fourth-order valence-electron chi connectivity index (χ4n) is 7.48. The van der Waals surface area contributed by atoms with Gasteiger partial charge in [-0.25, -0.2) is 0 Å².